The van der Waals surface area contributed by atoms with Crippen LogP contribution in [0.2, 0.25) is 0 Å². The second-order valence-corrected chi connectivity index (χ2v) is 4.02. The topological polar surface area (TPSA) is 45.4 Å². The highest BCUT2D eigenvalue weighted by molar-refractivity contribution is 5.86. The van der Waals surface area contributed by atoms with E-state index in [-0.39, 0.29) is 5.91 Å². The van der Waals surface area contributed by atoms with Crippen LogP contribution in [0.4, 0.5) is 0 Å². The van der Waals surface area contributed by atoms with Crippen molar-refractivity contribution in [1.82, 2.24) is 4.90 Å². The van der Waals surface area contributed by atoms with Gasteiger partial charge >= 0.3 is 0 Å². The van der Waals surface area contributed by atoms with E-state index >= 15 is 0 Å². The number of amides is 1. The summed E-state index contributed by atoms with van der Waals surface area (Å²) < 4.78 is 10.2. The second-order valence-electron chi connectivity index (χ2n) is 4.02. The molecule has 2 aliphatic rings. The first kappa shape index (κ1) is 10.6. The van der Waals surface area contributed by atoms with Crippen LogP contribution in [0.5, 0.6) is 0 Å². The number of epoxide rings is 2. The zero-order chi connectivity index (χ0) is 10.7. The second kappa shape index (κ2) is 4.77. The van der Waals surface area contributed by atoms with E-state index < -0.39 is 0 Å². The lowest BCUT2D eigenvalue weighted by Crippen LogP contribution is -2.32. The van der Waals surface area contributed by atoms with Gasteiger partial charge in [0, 0.05) is 13.1 Å². The smallest absolute Gasteiger partial charge is 0.245 e. The molecule has 0 aromatic rings. The van der Waals surface area contributed by atoms with E-state index in [2.05, 4.69) is 6.58 Å². The molecule has 0 spiro atoms. The average Bonchev–Trinajstić information content (AvgIpc) is 3.10. The number of hydrogen-bond donors (Lipinski definition) is 0. The van der Waals surface area contributed by atoms with Gasteiger partial charge in [-0.1, -0.05) is 6.58 Å². The van der Waals surface area contributed by atoms with E-state index in [1.807, 2.05) is 4.90 Å². The number of ether oxygens (including phenoxy) is 2. The van der Waals surface area contributed by atoms with Crippen molar-refractivity contribution in [3.63, 3.8) is 0 Å². The quantitative estimate of drug-likeness (QED) is 0.457. The van der Waals surface area contributed by atoms with Crippen molar-refractivity contribution >= 4 is 5.91 Å². The molecule has 0 aliphatic carbocycles. The summed E-state index contributed by atoms with van der Waals surface area (Å²) in [6.07, 6.45) is 4.00. The summed E-state index contributed by atoms with van der Waals surface area (Å²) in [7, 11) is 0. The van der Waals surface area contributed by atoms with Crippen LogP contribution in [0.15, 0.2) is 12.7 Å². The van der Waals surface area contributed by atoms with Gasteiger partial charge in [-0.15, -0.1) is 0 Å². The molecule has 1 amide bonds. The molecular formula is C11H17NO3. The molecule has 2 aliphatic heterocycles. The third-order valence-electron chi connectivity index (χ3n) is 2.73. The Morgan fingerprint density at radius 1 is 1.27 bits per heavy atom. The number of hydrogen-bond acceptors (Lipinski definition) is 3. The Balaban J connectivity index is 1.71. The van der Waals surface area contributed by atoms with Gasteiger partial charge in [0.25, 0.3) is 0 Å². The lowest BCUT2D eigenvalue weighted by Gasteiger charge is -2.20. The molecule has 2 saturated heterocycles. The third-order valence-corrected chi connectivity index (χ3v) is 2.73. The molecular weight excluding hydrogens is 194 g/mol. The number of carbonyl (C=O) groups excluding carboxylic acids is 1. The van der Waals surface area contributed by atoms with E-state index in [0.29, 0.717) is 12.2 Å². The van der Waals surface area contributed by atoms with Gasteiger partial charge in [-0.2, -0.15) is 0 Å². The largest absolute Gasteiger partial charge is 0.373 e. The normalized spacial score (nSPS) is 27.2. The van der Waals surface area contributed by atoms with E-state index in [0.717, 1.165) is 39.1 Å². The molecule has 2 rings (SSSR count). The van der Waals surface area contributed by atoms with Crippen LogP contribution in [-0.4, -0.2) is 49.3 Å². The first-order valence-corrected chi connectivity index (χ1v) is 5.44. The van der Waals surface area contributed by atoms with E-state index in [1.165, 1.54) is 6.08 Å². The maximum absolute atomic E-state index is 11.5. The van der Waals surface area contributed by atoms with Crippen LogP contribution < -0.4 is 0 Å². The standard InChI is InChI=1S/C11H17NO3/c1-2-11(13)12(5-3-9-7-14-9)6-4-10-8-15-10/h2,9-10H,1,3-8H2. The molecule has 84 valence electrons. The first-order valence-electron chi connectivity index (χ1n) is 5.44. The van der Waals surface area contributed by atoms with Crippen molar-refractivity contribution in [3.8, 4) is 0 Å². The van der Waals surface area contributed by atoms with Gasteiger partial charge in [-0.3, -0.25) is 4.79 Å². The van der Waals surface area contributed by atoms with E-state index in [9.17, 15) is 4.79 Å². The lowest BCUT2D eigenvalue weighted by molar-refractivity contribution is -0.126. The van der Waals surface area contributed by atoms with Gasteiger partial charge in [0.05, 0.1) is 25.4 Å². The van der Waals surface area contributed by atoms with Crippen molar-refractivity contribution in [1.29, 1.82) is 0 Å². The SMILES string of the molecule is C=CC(=O)N(CCC1CO1)CCC1CO1. The fraction of sp³-hybridized carbons (Fsp3) is 0.727. The summed E-state index contributed by atoms with van der Waals surface area (Å²) in [5.74, 6) is 0.0105. The van der Waals surface area contributed by atoms with Crippen LogP contribution in [-0.2, 0) is 14.3 Å². The third kappa shape index (κ3) is 3.64. The minimum atomic E-state index is 0.0105. The Morgan fingerprint density at radius 3 is 2.07 bits per heavy atom. The Bertz CT molecular complexity index is 230. The lowest BCUT2D eigenvalue weighted by atomic mass is 10.2. The van der Waals surface area contributed by atoms with Gasteiger partial charge in [-0.25, -0.2) is 0 Å². The summed E-state index contributed by atoms with van der Waals surface area (Å²) in [6.45, 7) is 6.74. The van der Waals surface area contributed by atoms with Gasteiger partial charge in [0.15, 0.2) is 0 Å². The fourth-order valence-electron chi connectivity index (χ4n) is 1.53. The molecule has 0 N–H and O–H groups in total. The van der Waals surface area contributed by atoms with Crippen molar-refractivity contribution in [3.05, 3.63) is 12.7 Å². The molecule has 0 bridgehead atoms. The molecule has 0 saturated carbocycles. The number of carbonyl (C=O) groups is 1. The van der Waals surface area contributed by atoms with Crippen molar-refractivity contribution in [2.75, 3.05) is 26.3 Å². The summed E-state index contributed by atoms with van der Waals surface area (Å²) in [5.41, 5.74) is 0. The number of nitrogens with zero attached hydrogens (tertiary/aromatic N) is 1. The highest BCUT2D eigenvalue weighted by Crippen LogP contribution is 2.16. The zero-order valence-electron chi connectivity index (χ0n) is 8.85. The van der Waals surface area contributed by atoms with Crippen molar-refractivity contribution < 1.29 is 14.3 Å². The minimum Gasteiger partial charge on any atom is -0.373 e. The van der Waals surface area contributed by atoms with Crippen LogP contribution in [0, 0.1) is 0 Å². The van der Waals surface area contributed by atoms with Gasteiger partial charge in [0.1, 0.15) is 0 Å². The predicted octanol–water partition coefficient (Wildman–Crippen LogP) is 0.579. The van der Waals surface area contributed by atoms with E-state index in [4.69, 9.17) is 9.47 Å². The maximum Gasteiger partial charge on any atom is 0.245 e. The Morgan fingerprint density at radius 2 is 1.73 bits per heavy atom. The Kier molecular flexibility index (Phi) is 3.38. The highest BCUT2D eigenvalue weighted by Gasteiger charge is 2.26. The van der Waals surface area contributed by atoms with Gasteiger partial charge in [-0.05, 0) is 18.9 Å². The predicted molar refractivity (Wildman–Crippen MR) is 55.5 cm³/mol. The highest BCUT2D eigenvalue weighted by atomic mass is 16.6. The minimum absolute atomic E-state index is 0.0105. The van der Waals surface area contributed by atoms with Crippen LogP contribution in [0.3, 0.4) is 0 Å². The molecule has 0 aromatic heterocycles. The van der Waals surface area contributed by atoms with Gasteiger partial charge in [0.2, 0.25) is 5.91 Å². The molecule has 2 atom stereocenters. The van der Waals surface area contributed by atoms with E-state index in [1.54, 1.807) is 0 Å². The van der Waals surface area contributed by atoms with Crippen LogP contribution >= 0.6 is 0 Å². The monoisotopic (exact) mass is 211 g/mol. The average molecular weight is 211 g/mol. The molecule has 15 heavy (non-hydrogen) atoms. The molecule has 0 radical (unpaired) electrons. The molecule has 0 aromatic carbocycles. The summed E-state index contributed by atoms with van der Waals surface area (Å²) in [4.78, 5) is 13.3. The summed E-state index contributed by atoms with van der Waals surface area (Å²) in [5, 5.41) is 0. The van der Waals surface area contributed by atoms with Crippen LogP contribution in [0.25, 0.3) is 0 Å². The molecule has 2 heterocycles. The molecule has 4 heteroatoms. The van der Waals surface area contributed by atoms with Gasteiger partial charge < -0.3 is 14.4 Å². The van der Waals surface area contributed by atoms with Crippen LogP contribution in [0.1, 0.15) is 12.8 Å². The Labute approximate surface area is 89.8 Å². The number of rotatable bonds is 7. The summed E-state index contributed by atoms with van der Waals surface area (Å²) in [6, 6.07) is 0. The Hall–Kier alpha value is -0.870. The first-order chi connectivity index (χ1) is 7.29. The molecule has 4 nitrogen and oxygen atoms in total. The van der Waals surface area contributed by atoms with Crippen molar-refractivity contribution in [2.24, 2.45) is 0 Å². The molecule has 2 fully saturated rings. The zero-order valence-corrected chi connectivity index (χ0v) is 8.85. The van der Waals surface area contributed by atoms with Crippen molar-refractivity contribution in [2.45, 2.75) is 25.0 Å². The fourth-order valence-corrected chi connectivity index (χ4v) is 1.53. The summed E-state index contributed by atoms with van der Waals surface area (Å²) >= 11 is 0. The maximum atomic E-state index is 11.5. The molecule has 2 unspecified atom stereocenters.